The van der Waals surface area contributed by atoms with Crippen LogP contribution in [0.3, 0.4) is 0 Å². The van der Waals surface area contributed by atoms with Gasteiger partial charge in [0.15, 0.2) is 0 Å². The third kappa shape index (κ3) is 3.30. The van der Waals surface area contributed by atoms with Gasteiger partial charge in [-0.3, -0.25) is 4.79 Å². The van der Waals surface area contributed by atoms with E-state index in [9.17, 15) is 18.0 Å². The van der Waals surface area contributed by atoms with Gasteiger partial charge in [-0.05, 0) is 41.0 Å². The summed E-state index contributed by atoms with van der Waals surface area (Å²) in [6.07, 6.45) is -4.97. The fraction of sp³-hybridized carbons (Fsp3) is 0.214. The van der Waals surface area contributed by atoms with Crippen LogP contribution in [0.15, 0.2) is 34.8 Å². The number of halogens is 4. The number of fused-ring (bicyclic) bond motifs is 1. The molecule has 6 heteroatoms. The fourth-order valence-electron chi connectivity index (χ4n) is 2.03. The molecular weight excluding hydrogens is 337 g/mol. The van der Waals surface area contributed by atoms with E-state index in [1.54, 1.807) is 18.2 Å². The minimum atomic E-state index is -4.49. The van der Waals surface area contributed by atoms with Crippen LogP contribution < -0.4 is 0 Å². The van der Waals surface area contributed by atoms with Crippen LogP contribution in [-0.2, 0) is 17.4 Å². The molecule has 0 aliphatic heterocycles. The number of carbonyl (C=O) groups is 1. The molecule has 2 nitrogen and oxygen atoms in total. The van der Waals surface area contributed by atoms with Crippen molar-refractivity contribution in [2.45, 2.75) is 19.0 Å². The second-order valence-corrected chi connectivity index (χ2v) is 5.31. The number of rotatable bonds is 3. The summed E-state index contributed by atoms with van der Waals surface area (Å²) >= 11 is 3.26. The van der Waals surface area contributed by atoms with Gasteiger partial charge in [0.05, 0.1) is 5.56 Å². The SMILES string of the molecule is O=C(O)CCc1cc2cc(Br)ccc2cc1C(F)(F)F. The minimum Gasteiger partial charge on any atom is -0.481 e. The number of hydrogen-bond donors (Lipinski definition) is 1. The molecule has 0 saturated carbocycles. The lowest BCUT2D eigenvalue weighted by Crippen LogP contribution is -2.10. The van der Waals surface area contributed by atoms with Crippen molar-refractivity contribution in [3.8, 4) is 0 Å². The molecule has 0 aromatic heterocycles. The normalized spacial score (nSPS) is 11.8. The van der Waals surface area contributed by atoms with Gasteiger partial charge in [-0.1, -0.05) is 28.1 Å². The summed E-state index contributed by atoms with van der Waals surface area (Å²) in [6.45, 7) is 0. The first-order chi connectivity index (χ1) is 9.27. The Bertz CT molecular complexity index is 665. The molecule has 0 spiro atoms. The van der Waals surface area contributed by atoms with Gasteiger partial charge >= 0.3 is 12.1 Å². The van der Waals surface area contributed by atoms with Crippen LogP contribution in [-0.4, -0.2) is 11.1 Å². The maximum Gasteiger partial charge on any atom is 0.416 e. The van der Waals surface area contributed by atoms with E-state index in [0.29, 0.717) is 10.8 Å². The molecule has 0 bridgehead atoms. The Morgan fingerprint density at radius 1 is 1.15 bits per heavy atom. The Labute approximate surface area is 121 Å². The monoisotopic (exact) mass is 346 g/mol. The average molecular weight is 347 g/mol. The van der Waals surface area contributed by atoms with Crippen LogP contribution in [0.5, 0.6) is 0 Å². The van der Waals surface area contributed by atoms with E-state index < -0.39 is 17.7 Å². The number of benzene rings is 2. The molecule has 2 aromatic rings. The standard InChI is InChI=1S/C14H10BrF3O2/c15-11-3-1-8-7-12(14(16,17)18)9(2-4-13(19)20)5-10(8)6-11/h1,3,5-7H,2,4H2,(H,19,20). The van der Waals surface area contributed by atoms with E-state index in [4.69, 9.17) is 5.11 Å². The Morgan fingerprint density at radius 2 is 1.85 bits per heavy atom. The molecule has 0 aliphatic rings. The number of aryl methyl sites for hydroxylation is 1. The molecule has 0 unspecified atom stereocenters. The van der Waals surface area contributed by atoms with E-state index in [0.717, 1.165) is 10.5 Å². The molecule has 0 amide bonds. The number of hydrogen-bond acceptors (Lipinski definition) is 1. The lowest BCUT2D eigenvalue weighted by molar-refractivity contribution is -0.140. The highest BCUT2D eigenvalue weighted by Crippen LogP contribution is 2.35. The van der Waals surface area contributed by atoms with Gasteiger partial charge in [-0.15, -0.1) is 0 Å². The molecule has 0 atom stereocenters. The van der Waals surface area contributed by atoms with Crippen molar-refractivity contribution < 1.29 is 23.1 Å². The predicted octanol–water partition coefficient (Wildman–Crippen LogP) is 4.64. The maximum atomic E-state index is 13.0. The van der Waals surface area contributed by atoms with Crippen LogP contribution in [0.1, 0.15) is 17.5 Å². The largest absolute Gasteiger partial charge is 0.481 e. The third-order valence-corrected chi connectivity index (χ3v) is 3.43. The molecule has 20 heavy (non-hydrogen) atoms. The molecular formula is C14H10BrF3O2. The van der Waals surface area contributed by atoms with Crippen LogP contribution in [0.25, 0.3) is 10.8 Å². The lowest BCUT2D eigenvalue weighted by Gasteiger charge is -2.14. The van der Waals surface area contributed by atoms with E-state index in [2.05, 4.69) is 15.9 Å². The highest BCUT2D eigenvalue weighted by molar-refractivity contribution is 9.10. The maximum absolute atomic E-state index is 13.0. The van der Waals surface area contributed by atoms with Crippen molar-refractivity contribution in [2.24, 2.45) is 0 Å². The summed E-state index contributed by atoms with van der Waals surface area (Å²) in [5.41, 5.74) is -0.765. The van der Waals surface area contributed by atoms with Crippen LogP contribution in [0, 0.1) is 0 Å². The Kier molecular flexibility index (Phi) is 4.04. The van der Waals surface area contributed by atoms with E-state index in [-0.39, 0.29) is 18.4 Å². The van der Waals surface area contributed by atoms with Gasteiger partial charge in [0, 0.05) is 10.9 Å². The zero-order valence-corrected chi connectivity index (χ0v) is 11.8. The minimum absolute atomic E-state index is 0.00509. The van der Waals surface area contributed by atoms with Crippen molar-refractivity contribution in [1.29, 1.82) is 0 Å². The topological polar surface area (TPSA) is 37.3 Å². The van der Waals surface area contributed by atoms with Crippen molar-refractivity contribution in [3.63, 3.8) is 0 Å². The van der Waals surface area contributed by atoms with Gasteiger partial charge in [0.25, 0.3) is 0 Å². The Hall–Kier alpha value is -1.56. The molecule has 0 aliphatic carbocycles. The van der Waals surface area contributed by atoms with Gasteiger partial charge in [0.1, 0.15) is 0 Å². The molecule has 1 N–H and O–H groups in total. The number of alkyl halides is 3. The number of carboxylic acids is 1. The van der Waals surface area contributed by atoms with Crippen molar-refractivity contribution >= 4 is 32.7 Å². The summed E-state index contributed by atoms with van der Waals surface area (Å²) in [6, 6.07) is 7.44. The summed E-state index contributed by atoms with van der Waals surface area (Å²) in [5.74, 6) is -1.12. The smallest absolute Gasteiger partial charge is 0.416 e. The zero-order chi connectivity index (χ0) is 14.9. The summed E-state index contributed by atoms with van der Waals surface area (Å²) in [4.78, 5) is 10.6. The van der Waals surface area contributed by atoms with Crippen molar-refractivity contribution in [3.05, 3.63) is 45.9 Å². The molecule has 0 fully saturated rings. The first kappa shape index (κ1) is 14.8. The third-order valence-electron chi connectivity index (χ3n) is 2.94. The Morgan fingerprint density at radius 3 is 2.45 bits per heavy atom. The first-order valence-electron chi connectivity index (χ1n) is 5.78. The first-order valence-corrected chi connectivity index (χ1v) is 6.58. The highest BCUT2D eigenvalue weighted by Gasteiger charge is 2.33. The molecule has 2 rings (SSSR count). The quantitative estimate of drug-likeness (QED) is 0.878. The molecule has 0 saturated heterocycles. The molecule has 0 radical (unpaired) electrons. The summed E-state index contributed by atoms with van der Waals surface area (Å²) in [5, 5.41) is 9.76. The fourth-order valence-corrected chi connectivity index (χ4v) is 2.41. The van der Waals surface area contributed by atoms with Crippen molar-refractivity contribution in [2.75, 3.05) is 0 Å². The molecule has 2 aromatic carbocycles. The average Bonchev–Trinajstić information content (AvgIpc) is 2.33. The van der Waals surface area contributed by atoms with Gasteiger partial charge in [0.2, 0.25) is 0 Å². The van der Waals surface area contributed by atoms with E-state index in [1.165, 1.54) is 6.07 Å². The van der Waals surface area contributed by atoms with Gasteiger partial charge in [-0.25, -0.2) is 0 Å². The molecule has 106 valence electrons. The van der Waals surface area contributed by atoms with E-state index in [1.807, 2.05) is 0 Å². The van der Waals surface area contributed by atoms with Gasteiger partial charge < -0.3 is 5.11 Å². The zero-order valence-electron chi connectivity index (χ0n) is 10.2. The van der Waals surface area contributed by atoms with Crippen LogP contribution in [0.4, 0.5) is 13.2 Å². The van der Waals surface area contributed by atoms with Crippen LogP contribution in [0.2, 0.25) is 0 Å². The van der Waals surface area contributed by atoms with E-state index >= 15 is 0 Å². The van der Waals surface area contributed by atoms with Crippen LogP contribution >= 0.6 is 15.9 Å². The predicted molar refractivity (Wildman–Crippen MR) is 72.6 cm³/mol. The highest BCUT2D eigenvalue weighted by atomic mass is 79.9. The number of aliphatic carboxylic acids is 1. The summed E-state index contributed by atoms with van der Waals surface area (Å²) < 4.78 is 39.8. The van der Waals surface area contributed by atoms with Crippen molar-refractivity contribution in [1.82, 2.24) is 0 Å². The van der Waals surface area contributed by atoms with Gasteiger partial charge in [-0.2, -0.15) is 13.2 Å². The molecule has 0 heterocycles. The summed E-state index contributed by atoms with van der Waals surface area (Å²) in [7, 11) is 0. The Balaban J connectivity index is 2.58. The number of carboxylic acid groups (broad SMARTS) is 1. The second kappa shape index (κ2) is 5.44. The lowest BCUT2D eigenvalue weighted by atomic mass is 9.97. The second-order valence-electron chi connectivity index (χ2n) is 4.39.